The standard InChI is InChI=1S/C11H13NO3/c1-3-4-7-15-10-8-9(5-6-12-10)11(13)14-2/h3-6,8H,7H2,1-2H3/b4-3+. The molecule has 4 heteroatoms. The van der Waals surface area contributed by atoms with Gasteiger partial charge in [0.15, 0.2) is 0 Å². The minimum atomic E-state index is -0.395. The molecule has 15 heavy (non-hydrogen) atoms. The number of hydrogen-bond acceptors (Lipinski definition) is 4. The number of methoxy groups -OCH3 is 1. The van der Waals surface area contributed by atoms with Crippen LogP contribution in [0.4, 0.5) is 0 Å². The topological polar surface area (TPSA) is 48.4 Å². The fourth-order valence-electron chi connectivity index (χ4n) is 0.963. The van der Waals surface area contributed by atoms with E-state index in [9.17, 15) is 4.79 Å². The Morgan fingerprint density at radius 1 is 1.60 bits per heavy atom. The van der Waals surface area contributed by atoms with E-state index in [2.05, 4.69) is 9.72 Å². The number of esters is 1. The van der Waals surface area contributed by atoms with Gasteiger partial charge in [0.1, 0.15) is 6.61 Å². The van der Waals surface area contributed by atoms with Crippen LogP contribution in [0.5, 0.6) is 5.88 Å². The van der Waals surface area contributed by atoms with Gasteiger partial charge in [-0.2, -0.15) is 0 Å². The zero-order chi connectivity index (χ0) is 11.1. The summed E-state index contributed by atoms with van der Waals surface area (Å²) in [7, 11) is 1.34. The number of carbonyl (C=O) groups is 1. The van der Waals surface area contributed by atoms with Crippen molar-refractivity contribution in [2.75, 3.05) is 13.7 Å². The van der Waals surface area contributed by atoms with Gasteiger partial charge in [0.25, 0.3) is 0 Å². The molecule has 0 unspecified atom stereocenters. The van der Waals surface area contributed by atoms with E-state index in [4.69, 9.17) is 4.74 Å². The minimum Gasteiger partial charge on any atom is -0.473 e. The lowest BCUT2D eigenvalue weighted by Gasteiger charge is -2.03. The Bertz CT molecular complexity index is 361. The molecule has 0 atom stereocenters. The van der Waals surface area contributed by atoms with Gasteiger partial charge >= 0.3 is 5.97 Å². The van der Waals surface area contributed by atoms with Crippen molar-refractivity contribution in [1.29, 1.82) is 0 Å². The summed E-state index contributed by atoms with van der Waals surface area (Å²) in [6.07, 6.45) is 5.24. The molecule has 0 N–H and O–H groups in total. The Balaban J connectivity index is 2.69. The van der Waals surface area contributed by atoms with Gasteiger partial charge in [-0.05, 0) is 13.0 Å². The third-order valence-corrected chi connectivity index (χ3v) is 1.72. The molecule has 0 saturated carbocycles. The number of rotatable bonds is 4. The van der Waals surface area contributed by atoms with E-state index in [1.54, 1.807) is 12.1 Å². The van der Waals surface area contributed by atoms with E-state index in [0.29, 0.717) is 18.1 Å². The first kappa shape index (κ1) is 11.2. The first-order chi connectivity index (χ1) is 7.27. The van der Waals surface area contributed by atoms with Gasteiger partial charge in [0.2, 0.25) is 5.88 Å². The summed E-state index contributed by atoms with van der Waals surface area (Å²) in [6.45, 7) is 2.34. The van der Waals surface area contributed by atoms with E-state index in [-0.39, 0.29) is 0 Å². The van der Waals surface area contributed by atoms with E-state index >= 15 is 0 Å². The highest BCUT2D eigenvalue weighted by Gasteiger charge is 2.06. The highest BCUT2D eigenvalue weighted by molar-refractivity contribution is 5.89. The van der Waals surface area contributed by atoms with Gasteiger partial charge < -0.3 is 9.47 Å². The number of allylic oxidation sites excluding steroid dienone is 1. The molecule has 0 spiro atoms. The van der Waals surface area contributed by atoms with Gasteiger partial charge in [-0.1, -0.05) is 12.2 Å². The molecule has 0 fully saturated rings. The maximum atomic E-state index is 11.2. The molecule has 0 aliphatic heterocycles. The second kappa shape index (κ2) is 5.80. The van der Waals surface area contributed by atoms with Gasteiger partial charge in [-0.3, -0.25) is 0 Å². The molecule has 1 aromatic rings. The van der Waals surface area contributed by atoms with Crippen LogP contribution in [0.15, 0.2) is 30.5 Å². The Hall–Kier alpha value is -1.84. The average Bonchev–Trinajstić information content (AvgIpc) is 2.29. The van der Waals surface area contributed by atoms with Crippen LogP contribution in [-0.4, -0.2) is 24.7 Å². The molecule has 80 valence electrons. The third-order valence-electron chi connectivity index (χ3n) is 1.72. The van der Waals surface area contributed by atoms with Crippen molar-refractivity contribution >= 4 is 5.97 Å². The summed E-state index contributed by atoms with van der Waals surface area (Å²) in [5, 5.41) is 0. The lowest BCUT2D eigenvalue weighted by Crippen LogP contribution is -2.03. The molecule has 0 saturated heterocycles. The molecule has 1 aromatic heterocycles. The van der Waals surface area contributed by atoms with Gasteiger partial charge in [-0.25, -0.2) is 9.78 Å². The molecule has 1 rings (SSSR count). The Kier molecular flexibility index (Phi) is 4.34. The van der Waals surface area contributed by atoms with Crippen LogP contribution in [0, 0.1) is 0 Å². The molecule has 0 aromatic carbocycles. The first-order valence-electron chi connectivity index (χ1n) is 4.56. The van der Waals surface area contributed by atoms with E-state index in [0.717, 1.165) is 0 Å². The Morgan fingerprint density at radius 3 is 3.07 bits per heavy atom. The SMILES string of the molecule is C/C=C/COc1cc(C(=O)OC)ccn1. The largest absolute Gasteiger partial charge is 0.473 e. The number of carbonyl (C=O) groups excluding carboxylic acids is 1. The summed E-state index contributed by atoms with van der Waals surface area (Å²) >= 11 is 0. The Labute approximate surface area is 88.5 Å². The first-order valence-corrected chi connectivity index (χ1v) is 4.56. The summed E-state index contributed by atoms with van der Waals surface area (Å²) in [5.74, 6) is 0.0179. The maximum Gasteiger partial charge on any atom is 0.338 e. The van der Waals surface area contributed by atoms with Crippen LogP contribution < -0.4 is 4.74 Å². The van der Waals surface area contributed by atoms with Gasteiger partial charge in [0.05, 0.1) is 12.7 Å². The van der Waals surface area contributed by atoms with Crippen molar-refractivity contribution in [1.82, 2.24) is 4.98 Å². The zero-order valence-corrected chi connectivity index (χ0v) is 8.77. The summed E-state index contributed by atoms with van der Waals surface area (Å²) < 4.78 is 9.86. The van der Waals surface area contributed by atoms with Crippen molar-refractivity contribution in [3.05, 3.63) is 36.0 Å². The minimum absolute atomic E-state index is 0.395. The summed E-state index contributed by atoms with van der Waals surface area (Å²) in [4.78, 5) is 15.1. The second-order valence-electron chi connectivity index (χ2n) is 2.75. The van der Waals surface area contributed by atoms with Crippen LogP contribution in [0.3, 0.4) is 0 Å². The highest BCUT2D eigenvalue weighted by Crippen LogP contribution is 2.10. The predicted molar refractivity (Wildman–Crippen MR) is 55.9 cm³/mol. The molecule has 0 bridgehead atoms. The number of hydrogen-bond donors (Lipinski definition) is 0. The van der Waals surface area contributed by atoms with Gasteiger partial charge in [-0.15, -0.1) is 0 Å². The van der Waals surface area contributed by atoms with Crippen LogP contribution >= 0.6 is 0 Å². The van der Waals surface area contributed by atoms with Crippen molar-refractivity contribution in [3.63, 3.8) is 0 Å². The van der Waals surface area contributed by atoms with Crippen LogP contribution in [0.2, 0.25) is 0 Å². The van der Waals surface area contributed by atoms with Crippen LogP contribution in [0.1, 0.15) is 17.3 Å². The maximum absolute atomic E-state index is 11.2. The van der Waals surface area contributed by atoms with Crippen LogP contribution in [-0.2, 0) is 4.74 Å². The van der Waals surface area contributed by atoms with Crippen molar-refractivity contribution < 1.29 is 14.3 Å². The zero-order valence-electron chi connectivity index (χ0n) is 8.77. The van der Waals surface area contributed by atoms with Crippen LogP contribution in [0.25, 0.3) is 0 Å². The van der Waals surface area contributed by atoms with Crippen molar-refractivity contribution in [3.8, 4) is 5.88 Å². The molecular formula is C11H13NO3. The normalized spacial score (nSPS) is 10.3. The summed E-state index contributed by atoms with van der Waals surface area (Å²) in [6, 6.07) is 3.13. The predicted octanol–water partition coefficient (Wildman–Crippen LogP) is 1.82. The molecule has 0 amide bonds. The molecule has 0 aliphatic carbocycles. The van der Waals surface area contributed by atoms with E-state index in [1.165, 1.54) is 13.3 Å². The quantitative estimate of drug-likeness (QED) is 0.558. The Morgan fingerprint density at radius 2 is 2.40 bits per heavy atom. The monoisotopic (exact) mass is 207 g/mol. The molecular weight excluding hydrogens is 194 g/mol. The van der Waals surface area contributed by atoms with E-state index < -0.39 is 5.97 Å². The average molecular weight is 207 g/mol. The lowest BCUT2D eigenvalue weighted by atomic mass is 10.3. The summed E-state index contributed by atoms with van der Waals surface area (Å²) in [5.41, 5.74) is 0.433. The van der Waals surface area contributed by atoms with Crippen molar-refractivity contribution in [2.45, 2.75) is 6.92 Å². The second-order valence-corrected chi connectivity index (χ2v) is 2.75. The fourth-order valence-corrected chi connectivity index (χ4v) is 0.963. The van der Waals surface area contributed by atoms with Gasteiger partial charge in [0, 0.05) is 12.3 Å². The number of ether oxygens (including phenoxy) is 2. The highest BCUT2D eigenvalue weighted by atomic mass is 16.5. The number of pyridine rings is 1. The third kappa shape index (κ3) is 3.42. The molecule has 0 radical (unpaired) electrons. The number of nitrogens with zero attached hydrogens (tertiary/aromatic N) is 1. The molecule has 4 nitrogen and oxygen atoms in total. The van der Waals surface area contributed by atoms with E-state index in [1.807, 2.05) is 19.1 Å². The van der Waals surface area contributed by atoms with Crippen molar-refractivity contribution in [2.24, 2.45) is 0 Å². The fraction of sp³-hybridized carbons (Fsp3) is 0.273. The lowest BCUT2D eigenvalue weighted by molar-refractivity contribution is 0.0600. The molecule has 0 aliphatic rings. The molecule has 1 heterocycles. The smallest absolute Gasteiger partial charge is 0.338 e. The number of aromatic nitrogens is 1.